The Morgan fingerprint density at radius 2 is 1.92 bits per heavy atom. The van der Waals surface area contributed by atoms with Crippen LogP contribution in [-0.2, 0) is 0 Å². The number of rotatable bonds is 4. The number of halogens is 1. The molecule has 0 amide bonds. The van der Waals surface area contributed by atoms with Crippen molar-refractivity contribution in [1.29, 1.82) is 0 Å². The number of benzene rings is 1. The second-order valence-electron chi connectivity index (χ2n) is 2.76. The summed E-state index contributed by atoms with van der Waals surface area (Å²) in [7, 11) is 0. The highest BCUT2D eigenvalue weighted by Gasteiger charge is 2.00. The smallest absolute Gasteiger partial charge is 0.119 e. The van der Waals surface area contributed by atoms with Crippen LogP contribution in [0.3, 0.4) is 0 Å². The molecule has 0 aliphatic heterocycles. The molecule has 0 aliphatic carbocycles. The van der Waals surface area contributed by atoms with E-state index in [1.165, 1.54) is 0 Å². The van der Waals surface area contributed by atoms with Crippen LogP contribution in [0.5, 0.6) is 5.75 Å². The van der Waals surface area contributed by atoms with Crippen molar-refractivity contribution in [2.24, 2.45) is 11.5 Å². The third-order valence-electron chi connectivity index (χ3n) is 1.58. The van der Waals surface area contributed by atoms with Crippen LogP contribution in [0.2, 0.25) is 5.02 Å². The van der Waals surface area contributed by atoms with Crippen LogP contribution in [0.4, 0.5) is 0 Å². The number of ether oxygens (including phenoxy) is 1. The molecule has 0 bridgehead atoms. The number of hydrogen-bond acceptors (Lipinski definition) is 3. The van der Waals surface area contributed by atoms with E-state index in [9.17, 15) is 0 Å². The summed E-state index contributed by atoms with van der Waals surface area (Å²) in [6.45, 7) is 0.853. The van der Waals surface area contributed by atoms with Crippen LogP contribution in [-0.4, -0.2) is 19.2 Å². The van der Waals surface area contributed by atoms with Crippen LogP contribution in [0.1, 0.15) is 0 Å². The lowest BCUT2D eigenvalue weighted by molar-refractivity contribution is 0.291. The monoisotopic (exact) mass is 200 g/mol. The quantitative estimate of drug-likeness (QED) is 0.763. The van der Waals surface area contributed by atoms with Gasteiger partial charge in [0, 0.05) is 11.6 Å². The number of nitrogens with two attached hydrogens (primary N) is 2. The molecule has 1 unspecified atom stereocenters. The van der Waals surface area contributed by atoms with E-state index in [0.717, 1.165) is 5.75 Å². The van der Waals surface area contributed by atoms with Gasteiger partial charge in [-0.3, -0.25) is 0 Å². The molecule has 72 valence electrons. The largest absolute Gasteiger partial charge is 0.492 e. The summed E-state index contributed by atoms with van der Waals surface area (Å²) in [6.07, 6.45) is 0. The predicted molar refractivity (Wildman–Crippen MR) is 54.0 cm³/mol. The molecule has 0 aromatic heterocycles. The molecule has 1 atom stereocenters. The van der Waals surface area contributed by atoms with E-state index in [1.807, 2.05) is 0 Å². The van der Waals surface area contributed by atoms with E-state index in [0.29, 0.717) is 18.2 Å². The van der Waals surface area contributed by atoms with Gasteiger partial charge in [0.15, 0.2) is 0 Å². The Kier molecular flexibility index (Phi) is 4.02. The van der Waals surface area contributed by atoms with Gasteiger partial charge < -0.3 is 16.2 Å². The zero-order chi connectivity index (χ0) is 9.68. The summed E-state index contributed by atoms with van der Waals surface area (Å²) >= 11 is 5.70. The topological polar surface area (TPSA) is 61.3 Å². The molecule has 0 spiro atoms. The highest BCUT2D eigenvalue weighted by Crippen LogP contribution is 2.15. The second kappa shape index (κ2) is 5.07. The van der Waals surface area contributed by atoms with E-state index in [1.54, 1.807) is 24.3 Å². The Hall–Kier alpha value is -0.770. The Morgan fingerprint density at radius 1 is 1.31 bits per heavy atom. The van der Waals surface area contributed by atoms with Crippen LogP contribution in [0.25, 0.3) is 0 Å². The van der Waals surface area contributed by atoms with Gasteiger partial charge in [-0.15, -0.1) is 0 Å². The van der Waals surface area contributed by atoms with Crippen LogP contribution in [0, 0.1) is 0 Å². The zero-order valence-corrected chi connectivity index (χ0v) is 8.00. The molecule has 1 aromatic rings. The summed E-state index contributed by atoms with van der Waals surface area (Å²) in [5.74, 6) is 0.758. The average molecular weight is 201 g/mol. The van der Waals surface area contributed by atoms with E-state index in [4.69, 9.17) is 27.8 Å². The molecule has 1 rings (SSSR count). The first-order valence-electron chi connectivity index (χ1n) is 4.06. The highest BCUT2D eigenvalue weighted by atomic mass is 35.5. The lowest BCUT2D eigenvalue weighted by Crippen LogP contribution is -2.35. The Morgan fingerprint density at radius 3 is 2.46 bits per heavy atom. The van der Waals surface area contributed by atoms with Gasteiger partial charge >= 0.3 is 0 Å². The number of hydrogen-bond donors (Lipinski definition) is 2. The fourth-order valence-electron chi connectivity index (χ4n) is 0.802. The Bertz CT molecular complexity index is 250. The molecule has 13 heavy (non-hydrogen) atoms. The molecule has 0 saturated carbocycles. The van der Waals surface area contributed by atoms with Gasteiger partial charge in [0.1, 0.15) is 12.4 Å². The minimum atomic E-state index is -0.115. The first-order chi connectivity index (χ1) is 6.22. The third kappa shape index (κ3) is 3.63. The van der Waals surface area contributed by atoms with Crippen molar-refractivity contribution in [3.63, 3.8) is 0 Å². The van der Waals surface area contributed by atoms with Crippen molar-refractivity contribution in [2.45, 2.75) is 6.04 Å². The lowest BCUT2D eigenvalue weighted by atomic mass is 10.3. The van der Waals surface area contributed by atoms with Gasteiger partial charge in [-0.2, -0.15) is 0 Å². The summed E-state index contributed by atoms with van der Waals surface area (Å²) in [6, 6.07) is 7.02. The van der Waals surface area contributed by atoms with Crippen LogP contribution in [0.15, 0.2) is 24.3 Å². The van der Waals surface area contributed by atoms with Gasteiger partial charge in [-0.1, -0.05) is 11.6 Å². The summed E-state index contributed by atoms with van der Waals surface area (Å²) < 4.78 is 5.35. The summed E-state index contributed by atoms with van der Waals surface area (Å²) in [5, 5.41) is 0.690. The van der Waals surface area contributed by atoms with E-state index in [-0.39, 0.29) is 6.04 Å². The van der Waals surface area contributed by atoms with Gasteiger partial charge in [0.05, 0.1) is 6.04 Å². The first kappa shape index (κ1) is 10.3. The molecule has 0 heterocycles. The van der Waals surface area contributed by atoms with Crippen molar-refractivity contribution in [1.82, 2.24) is 0 Å². The van der Waals surface area contributed by atoms with Gasteiger partial charge in [0.2, 0.25) is 0 Å². The van der Waals surface area contributed by atoms with Crippen molar-refractivity contribution in [3.8, 4) is 5.75 Å². The minimum Gasteiger partial charge on any atom is -0.492 e. The molecule has 4 heteroatoms. The molecule has 0 radical (unpaired) electrons. The third-order valence-corrected chi connectivity index (χ3v) is 1.83. The average Bonchev–Trinajstić information content (AvgIpc) is 2.16. The van der Waals surface area contributed by atoms with E-state index < -0.39 is 0 Å². The lowest BCUT2D eigenvalue weighted by Gasteiger charge is -2.10. The molecular weight excluding hydrogens is 188 g/mol. The minimum absolute atomic E-state index is 0.115. The normalized spacial score (nSPS) is 12.5. The fourth-order valence-corrected chi connectivity index (χ4v) is 0.928. The fraction of sp³-hybridized carbons (Fsp3) is 0.333. The first-order valence-corrected chi connectivity index (χ1v) is 4.44. The Labute approximate surface area is 82.6 Å². The molecule has 0 fully saturated rings. The summed E-state index contributed by atoms with van der Waals surface area (Å²) in [5.41, 5.74) is 10.9. The van der Waals surface area contributed by atoms with Crippen LogP contribution < -0.4 is 16.2 Å². The zero-order valence-electron chi connectivity index (χ0n) is 7.24. The van der Waals surface area contributed by atoms with E-state index in [2.05, 4.69) is 0 Å². The van der Waals surface area contributed by atoms with E-state index >= 15 is 0 Å². The molecular formula is C9H13ClN2O. The predicted octanol–water partition coefficient (Wildman–Crippen LogP) is 1.00. The van der Waals surface area contributed by atoms with Crippen molar-refractivity contribution >= 4 is 11.6 Å². The van der Waals surface area contributed by atoms with Crippen LogP contribution >= 0.6 is 11.6 Å². The highest BCUT2D eigenvalue weighted by molar-refractivity contribution is 6.30. The summed E-state index contributed by atoms with van der Waals surface area (Å²) in [4.78, 5) is 0. The SMILES string of the molecule is NCC(N)COc1ccc(Cl)cc1. The molecule has 1 aromatic carbocycles. The molecule has 4 N–H and O–H groups in total. The maximum atomic E-state index is 5.70. The van der Waals surface area contributed by atoms with Gasteiger partial charge in [-0.05, 0) is 24.3 Å². The van der Waals surface area contributed by atoms with Crippen molar-refractivity contribution < 1.29 is 4.74 Å². The maximum Gasteiger partial charge on any atom is 0.119 e. The second-order valence-corrected chi connectivity index (χ2v) is 3.20. The molecule has 3 nitrogen and oxygen atoms in total. The van der Waals surface area contributed by atoms with Gasteiger partial charge in [0.25, 0.3) is 0 Å². The standard InChI is InChI=1S/C9H13ClN2O/c10-7-1-3-9(4-2-7)13-6-8(12)5-11/h1-4,8H,5-6,11-12H2. The van der Waals surface area contributed by atoms with Crippen molar-refractivity contribution in [2.75, 3.05) is 13.2 Å². The Balaban J connectivity index is 2.41. The molecule has 0 aliphatic rings. The molecule has 0 saturated heterocycles. The maximum absolute atomic E-state index is 5.70. The van der Waals surface area contributed by atoms with Gasteiger partial charge in [-0.25, -0.2) is 0 Å². The van der Waals surface area contributed by atoms with Crippen molar-refractivity contribution in [3.05, 3.63) is 29.3 Å².